The monoisotopic (exact) mass is 208 g/mol. The maximum Gasteiger partial charge on any atom is 0.186 e. The Kier molecular flexibility index (Phi) is 4.24. The largest absolute Gasteiger partial charge is 0.394 e. The molecule has 0 spiro atoms. The highest BCUT2D eigenvalue weighted by molar-refractivity contribution is 4.90. The first-order valence-electron chi connectivity index (χ1n) is 4.54. The Morgan fingerprint density at radius 3 is 2.50 bits per heavy atom. The summed E-state index contributed by atoms with van der Waals surface area (Å²) in [6.45, 7) is 1.52. The predicted molar refractivity (Wildman–Crippen MR) is 45.4 cm³/mol. The second-order valence-corrected chi connectivity index (χ2v) is 3.16. The lowest BCUT2D eigenvalue weighted by molar-refractivity contribution is -0.178. The third-order valence-corrected chi connectivity index (χ3v) is 2.15. The van der Waals surface area contributed by atoms with Crippen LogP contribution >= 0.6 is 0 Å². The van der Waals surface area contributed by atoms with Crippen molar-refractivity contribution >= 4 is 0 Å². The molecule has 1 fully saturated rings. The summed E-state index contributed by atoms with van der Waals surface area (Å²) >= 11 is 0. The fraction of sp³-hybridized carbons (Fsp3) is 1.00. The second kappa shape index (κ2) is 5.01. The minimum Gasteiger partial charge on any atom is -0.394 e. The van der Waals surface area contributed by atoms with Gasteiger partial charge >= 0.3 is 0 Å². The van der Waals surface area contributed by atoms with E-state index in [1.54, 1.807) is 6.92 Å². The molecule has 5 atom stereocenters. The Morgan fingerprint density at radius 1 is 1.36 bits per heavy atom. The summed E-state index contributed by atoms with van der Waals surface area (Å²) in [5, 5.41) is 36.7. The van der Waals surface area contributed by atoms with Crippen LogP contribution in [-0.2, 0) is 9.47 Å². The summed E-state index contributed by atoms with van der Waals surface area (Å²) in [5.41, 5.74) is 0. The summed E-state index contributed by atoms with van der Waals surface area (Å²) in [6, 6.07) is 0. The van der Waals surface area contributed by atoms with Gasteiger partial charge in [-0.05, 0) is 6.92 Å². The Hall–Kier alpha value is -0.240. The molecule has 0 bridgehead atoms. The standard InChI is InChI=1S/C8H16O6/c1-2-13-8-6(12)5(11)7(14-8)4(10)3-9/h4-12H,2-3H2,1H3/t4-,5-,6-,7+,8+/m1/s1. The number of hydrogen-bond acceptors (Lipinski definition) is 6. The van der Waals surface area contributed by atoms with E-state index >= 15 is 0 Å². The lowest BCUT2D eigenvalue weighted by Gasteiger charge is -2.18. The van der Waals surface area contributed by atoms with E-state index < -0.39 is 37.3 Å². The molecule has 84 valence electrons. The maximum absolute atomic E-state index is 9.43. The molecule has 1 saturated heterocycles. The summed E-state index contributed by atoms with van der Waals surface area (Å²) in [6.07, 6.45) is -5.60. The second-order valence-electron chi connectivity index (χ2n) is 3.16. The van der Waals surface area contributed by atoms with Gasteiger partial charge in [-0.15, -0.1) is 0 Å². The third-order valence-electron chi connectivity index (χ3n) is 2.15. The van der Waals surface area contributed by atoms with Gasteiger partial charge in [0, 0.05) is 6.61 Å². The highest BCUT2D eigenvalue weighted by Crippen LogP contribution is 2.24. The van der Waals surface area contributed by atoms with E-state index in [2.05, 4.69) is 0 Å². The van der Waals surface area contributed by atoms with Crippen molar-refractivity contribution < 1.29 is 29.9 Å². The fourth-order valence-electron chi connectivity index (χ4n) is 1.40. The zero-order valence-electron chi connectivity index (χ0n) is 7.91. The molecule has 0 aromatic rings. The molecule has 1 aliphatic heterocycles. The van der Waals surface area contributed by atoms with Crippen LogP contribution in [0.15, 0.2) is 0 Å². The molecule has 0 radical (unpaired) electrons. The predicted octanol–water partition coefficient (Wildman–Crippen LogP) is -2.18. The van der Waals surface area contributed by atoms with Gasteiger partial charge in [-0.2, -0.15) is 0 Å². The first kappa shape index (κ1) is 11.8. The zero-order chi connectivity index (χ0) is 10.7. The van der Waals surface area contributed by atoms with Gasteiger partial charge in [-0.1, -0.05) is 0 Å². The smallest absolute Gasteiger partial charge is 0.186 e. The van der Waals surface area contributed by atoms with Gasteiger partial charge in [-0.3, -0.25) is 0 Å². The lowest BCUT2D eigenvalue weighted by atomic mass is 10.1. The van der Waals surface area contributed by atoms with Gasteiger partial charge in [-0.25, -0.2) is 0 Å². The van der Waals surface area contributed by atoms with Crippen LogP contribution in [0, 0.1) is 0 Å². The van der Waals surface area contributed by atoms with Crippen LogP contribution in [0.2, 0.25) is 0 Å². The van der Waals surface area contributed by atoms with E-state index in [4.69, 9.17) is 14.6 Å². The highest BCUT2D eigenvalue weighted by atomic mass is 16.7. The summed E-state index contributed by atoms with van der Waals surface area (Å²) in [5.74, 6) is 0. The molecule has 6 nitrogen and oxygen atoms in total. The molecule has 0 aliphatic carbocycles. The van der Waals surface area contributed by atoms with Gasteiger partial charge < -0.3 is 29.9 Å². The van der Waals surface area contributed by atoms with Crippen molar-refractivity contribution in [3.05, 3.63) is 0 Å². The zero-order valence-corrected chi connectivity index (χ0v) is 7.91. The topological polar surface area (TPSA) is 99.4 Å². The van der Waals surface area contributed by atoms with E-state index in [0.29, 0.717) is 6.61 Å². The Morgan fingerprint density at radius 2 is 2.00 bits per heavy atom. The van der Waals surface area contributed by atoms with E-state index in [0.717, 1.165) is 0 Å². The highest BCUT2D eigenvalue weighted by Gasteiger charge is 2.46. The molecule has 0 aromatic heterocycles. The van der Waals surface area contributed by atoms with Gasteiger partial charge in [0.15, 0.2) is 6.29 Å². The number of rotatable bonds is 4. The van der Waals surface area contributed by atoms with Gasteiger partial charge in [0.05, 0.1) is 6.61 Å². The molecule has 1 heterocycles. The van der Waals surface area contributed by atoms with Crippen LogP contribution in [0.4, 0.5) is 0 Å². The van der Waals surface area contributed by atoms with Crippen molar-refractivity contribution in [3.8, 4) is 0 Å². The average molecular weight is 208 g/mol. The van der Waals surface area contributed by atoms with Gasteiger partial charge in [0.1, 0.15) is 24.4 Å². The number of hydrogen-bond donors (Lipinski definition) is 4. The number of aliphatic hydroxyl groups excluding tert-OH is 4. The van der Waals surface area contributed by atoms with E-state index in [9.17, 15) is 15.3 Å². The van der Waals surface area contributed by atoms with Crippen molar-refractivity contribution in [2.24, 2.45) is 0 Å². The maximum atomic E-state index is 9.43. The molecule has 0 unspecified atom stereocenters. The molecule has 14 heavy (non-hydrogen) atoms. The molecule has 1 rings (SSSR count). The molecular weight excluding hydrogens is 192 g/mol. The van der Waals surface area contributed by atoms with E-state index in [1.165, 1.54) is 0 Å². The molecular formula is C8H16O6. The van der Waals surface area contributed by atoms with Crippen molar-refractivity contribution in [1.82, 2.24) is 0 Å². The average Bonchev–Trinajstić information content (AvgIpc) is 2.46. The van der Waals surface area contributed by atoms with Gasteiger partial charge in [0.25, 0.3) is 0 Å². The van der Waals surface area contributed by atoms with Crippen LogP contribution in [0.1, 0.15) is 6.92 Å². The molecule has 0 aromatic carbocycles. The molecule has 0 amide bonds. The summed E-state index contributed by atoms with van der Waals surface area (Å²) < 4.78 is 10.0. The Labute approximate surface area is 81.7 Å². The fourth-order valence-corrected chi connectivity index (χ4v) is 1.40. The van der Waals surface area contributed by atoms with Crippen LogP contribution in [0.25, 0.3) is 0 Å². The van der Waals surface area contributed by atoms with Crippen molar-refractivity contribution in [1.29, 1.82) is 0 Å². The van der Waals surface area contributed by atoms with Crippen LogP contribution in [0.3, 0.4) is 0 Å². The van der Waals surface area contributed by atoms with Crippen molar-refractivity contribution in [2.45, 2.75) is 37.6 Å². The van der Waals surface area contributed by atoms with Crippen molar-refractivity contribution in [2.75, 3.05) is 13.2 Å². The summed E-state index contributed by atoms with van der Waals surface area (Å²) in [4.78, 5) is 0. The molecule has 1 aliphatic rings. The Balaban J connectivity index is 2.57. The normalized spacial score (nSPS) is 40.1. The number of ether oxygens (including phenoxy) is 2. The first-order valence-corrected chi connectivity index (χ1v) is 4.54. The van der Waals surface area contributed by atoms with Crippen molar-refractivity contribution in [3.63, 3.8) is 0 Å². The SMILES string of the molecule is CCO[C@H]1O[C@@H]([C@H](O)CO)[C@H](O)[C@H]1O. The lowest BCUT2D eigenvalue weighted by Crippen LogP contribution is -2.40. The molecule has 6 heteroatoms. The van der Waals surface area contributed by atoms with Crippen LogP contribution in [0.5, 0.6) is 0 Å². The van der Waals surface area contributed by atoms with E-state index in [1.807, 2.05) is 0 Å². The van der Waals surface area contributed by atoms with Crippen LogP contribution < -0.4 is 0 Å². The Bertz CT molecular complexity index is 173. The first-order chi connectivity index (χ1) is 6.61. The minimum absolute atomic E-state index is 0.330. The molecule has 0 saturated carbocycles. The van der Waals surface area contributed by atoms with Crippen LogP contribution in [-0.4, -0.2) is 64.3 Å². The summed E-state index contributed by atoms with van der Waals surface area (Å²) in [7, 11) is 0. The third kappa shape index (κ3) is 2.22. The quantitative estimate of drug-likeness (QED) is 0.419. The van der Waals surface area contributed by atoms with E-state index in [-0.39, 0.29) is 0 Å². The number of aliphatic hydroxyl groups is 4. The van der Waals surface area contributed by atoms with Gasteiger partial charge in [0.2, 0.25) is 0 Å². The minimum atomic E-state index is -1.24. The molecule has 4 N–H and O–H groups in total.